The lowest BCUT2D eigenvalue weighted by Gasteiger charge is -2.16. The minimum atomic E-state index is -0.0731. The van der Waals surface area contributed by atoms with E-state index in [9.17, 15) is 0 Å². The summed E-state index contributed by atoms with van der Waals surface area (Å²) in [5.41, 5.74) is 2.20. The lowest BCUT2D eigenvalue weighted by atomic mass is 10.0. The van der Waals surface area contributed by atoms with Gasteiger partial charge in [-0.3, -0.25) is 0 Å². The number of benzene rings is 1. The van der Waals surface area contributed by atoms with E-state index in [1.807, 2.05) is 23.6 Å². The molecule has 1 atom stereocenters. The third kappa shape index (κ3) is 2.49. The van der Waals surface area contributed by atoms with Crippen molar-refractivity contribution < 1.29 is 14.2 Å². The first-order chi connectivity index (χ1) is 8.80. The molecule has 0 saturated carbocycles. The number of hydrogen-bond donors (Lipinski definition) is 0. The monoisotopic (exact) mass is 264 g/mol. The molecule has 0 aliphatic heterocycles. The van der Waals surface area contributed by atoms with Crippen LogP contribution < -0.4 is 9.47 Å². The summed E-state index contributed by atoms with van der Waals surface area (Å²) in [6, 6.07) is 7.90. The number of thiophene rings is 1. The molecule has 0 N–H and O–H groups in total. The summed E-state index contributed by atoms with van der Waals surface area (Å²) in [4.78, 5) is 0. The van der Waals surface area contributed by atoms with Gasteiger partial charge >= 0.3 is 0 Å². The SMILES string of the molecule is COc1ccc(C(OC)c2ccsc2)cc1OC. The summed E-state index contributed by atoms with van der Waals surface area (Å²) in [6.45, 7) is 0. The zero-order valence-corrected chi connectivity index (χ0v) is 11.5. The quantitative estimate of drug-likeness (QED) is 0.827. The summed E-state index contributed by atoms with van der Waals surface area (Å²) >= 11 is 1.66. The van der Waals surface area contributed by atoms with Gasteiger partial charge in [-0.25, -0.2) is 0 Å². The second kappa shape index (κ2) is 5.89. The van der Waals surface area contributed by atoms with E-state index in [1.54, 1.807) is 32.7 Å². The predicted octanol–water partition coefficient (Wildman–Crippen LogP) is 3.50. The van der Waals surface area contributed by atoms with Crippen LogP contribution in [0.3, 0.4) is 0 Å². The molecule has 0 aliphatic rings. The van der Waals surface area contributed by atoms with E-state index >= 15 is 0 Å². The zero-order chi connectivity index (χ0) is 13.0. The lowest BCUT2D eigenvalue weighted by Crippen LogP contribution is -2.03. The van der Waals surface area contributed by atoms with Crippen LogP contribution in [0.1, 0.15) is 17.2 Å². The van der Waals surface area contributed by atoms with Crippen LogP contribution in [-0.4, -0.2) is 21.3 Å². The van der Waals surface area contributed by atoms with Crippen molar-refractivity contribution in [2.75, 3.05) is 21.3 Å². The van der Waals surface area contributed by atoms with Crippen molar-refractivity contribution in [2.45, 2.75) is 6.10 Å². The molecule has 0 saturated heterocycles. The fraction of sp³-hybridized carbons (Fsp3) is 0.286. The third-order valence-corrected chi connectivity index (χ3v) is 3.49. The highest BCUT2D eigenvalue weighted by Gasteiger charge is 2.16. The molecule has 0 spiro atoms. The molecular weight excluding hydrogens is 248 g/mol. The van der Waals surface area contributed by atoms with E-state index in [1.165, 1.54) is 0 Å². The lowest BCUT2D eigenvalue weighted by molar-refractivity contribution is 0.136. The highest BCUT2D eigenvalue weighted by Crippen LogP contribution is 2.34. The van der Waals surface area contributed by atoms with Crippen molar-refractivity contribution in [1.82, 2.24) is 0 Å². The minimum absolute atomic E-state index is 0.0731. The van der Waals surface area contributed by atoms with E-state index in [-0.39, 0.29) is 6.10 Å². The van der Waals surface area contributed by atoms with E-state index in [0.29, 0.717) is 5.75 Å². The zero-order valence-electron chi connectivity index (χ0n) is 10.7. The molecule has 0 bridgehead atoms. The Hall–Kier alpha value is -1.52. The van der Waals surface area contributed by atoms with Crippen LogP contribution in [0.5, 0.6) is 11.5 Å². The van der Waals surface area contributed by atoms with Gasteiger partial charge in [-0.15, -0.1) is 0 Å². The van der Waals surface area contributed by atoms with Crippen LogP contribution >= 0.6 is 11.3 Å². The second-order valence-electron chi connectivity index (χ2n) is 3.79. The molecule has 0 fully saturated rings. The Morgan fingerprint density at radius 2 is 1.72 bits per heavy atom. The maximum Gasteiger partial charge on any atom is 0.161 e. The number of hydrogen-bond acceptors (Lipinski definition) is 4. The van der Waals surface area contributed by atoms with Crippen molar-refractivity contribution in [2.24, 2.45) is 0 Å². The molecular formula is C14H16O3S. The van der Waals surface area contributed by atoms with Crippen LogP contribution in [-0.2, 0) is 4.74 Å². The topological polar surface area (TPSA) is 27.7 Å². The Morgan fingerprint density at radius 1 is 0.944 bits per heavy atom. The first kappa shape index (κ1) is 12.9. The molecule has 0 aliphatic carbocycles. The number of methoxy groups -OCH3 is 3. The summed E-state index contributed by atoms with van der Waals surface area (Å²) in [6.07, 6.45) is -0.0731. The number of rotatable bonds is 5. The Labute approximate surface area is 111 Å². The van der Waals surface area contributed by atoms with Crippen LogP contribution in [0.4, 0.5) is 0 Å². The Morgan fingerprint density at radius 3 is 2.28 bits per heavy atom. The normalized spacial score (nSPS) is 12.2. The van der Waals surface area contributed by atoms with E-state index in [0.717, 1.165) is 16.9 Å². The minimum Gasteiger partial charge on any atom is -0.493 e. The molecule has 96 valence electrons. The van der Waals surface area contributed by atoms with Crippen molar-refractivity contribution >= 4 is 11.3 Å². The van der Waals surface area contributed by atoms with Crippen LogP contribution in [0.2, 0.25) is 0 Å². The van der Waals surface area contributed by atoms with Gasteiger partial charge in [-0.1, -0.05) is 6.07 Å². The standard InChI is InChI=1S/C14H16O3S/c1-15-12-5-4-10(8-13(12)16-2)14(17-3)11-6-7-18-9-11/h4-9,14H,1-3H3. The molecule has 18 heavy (non-hydrogen) atoms. The Kier molecular flexibility index (Phi) is 4.23. The third-order valence-electron chi connectivity index (χ3n) is 2.79. The van der Waals surface area contributed by atoms with Gasteiger partial charge in [0.15, 0.2) is 11.5 Å². The van der Waals surface area contributed by atoms with Gasteiger partial charge in [-0.05, 0) is 40.1 Å². The molecule has 1 heterocycles. The summed E-state index contributed by atoms with van der Waals surface area (Å²) in [5, 5.41) is 4.13. The molecule has 2 aromatic rings. The first-order valence-corrected chi connectivity index (χ1v) is 6.51. The van der Waals surface area contributed by atoms with E-state index < -0.39 is 0 Å². The molecule has 4 heteroatoms. The van der Waals surface area contributed by atoms with Crippen LogP contribution in [0.25, 0.3) is 0 Å². The van der Waals surface area contributed by atoms with Gasteiger partial charge in [0, 0.05) is 7.11 Å². The average Bonchev–Trinajstić information content (AvgIpc) is 2.93. The van der Waals surface area contributed by atoms with Gasteiger partial charge in [0.2, 0.25) is 0 Å². The molecule has 1 aromatic carbocycles. The highest BCUT2D eigenvalue weighted by molar-refractivity contribution is 7.07. The fourth-order valence-corrected chi connectivity index (χ4v) is 2.58. The smallest absolute Gasteiger partial charge is 0.161 e. The molecule has 0 amide bonds. The maximum atomic E-state index is 5.56. The van der Waals surface area contributed by atoms with Crippen molar-refractivity contribution in [3.63, 3.8) is 0 Å². The van der Waals surface area contributed by atoms with Crippen molar-refractivity contribution in [3.8, 4) is 11.5 Å². The second-order valence-corrected chi connectivity index (χ2v) is 4.57. The molecule has 0 radical (unpaired) electrons. The summed E-state index contributed by atoms with van der Waals surface area (Å²) in [5.74, 6) is 1.44. The molecule has 2 rings (SSSR count). The molecule has 1 aromatic heterocycles. The van der Waals surface area contributed by atoms with Crippen molar-refractivity contribution in [1.29, 1.82) is 0 Å². The van der Waals surface area contributed by atoms with Gasteiger partial charge in [0.05, 0.1) is 14.2 Å². The summed E-state index contributed by atoms with van der Waals surface area (Å²) in [7, 11) is 4.97. The van der Waals surface area contributed by atoms with Gasteiger partial charge in [0.1, 0.15) is 6.10 Å². The Balaban J connectivity index is 2.37. The number of ether oxygens (including phenoxy) is 3. The van der Waals surface area contributed by atoms with Gasteiger partial charge in [0.25, 0.3) is 0 Å². The summed E-state index contributed by atoms with van der Waals surface area (Å²) < 4.78 is 16.1. The van der Waals surface area contributed by atoms with Gasteiger partial charge < -0.3 is 14.2 Å². The maximum absolute atomic E-state index is 5.56. The first-order valence-electron chi connectivity index (χ1n) is 5.57. The highest BCUT2D eigenvalue weighted by atomic mass is 32.1. The van der Waals surface area contributed by atoms with Crippen LogP contribution in [0.15, 0.2) is 35.0 Å². The van der Waals surface area contributed by atoms with E-state index in [2.05, 4.69) is 11.4 Å². The fourth-order valence-electron chi connectivity index (χ4n) is 1.90. The van der Waals surface area contributed by atoms with Crippen LogP contribution in [0, 0.1) is 0 Å². The van der Waals surface area contributed by atoms with Crippen molar-refractivity contribution in [3.05, 3.63) is 46.2 Å². The van der Waals surface area contributed by atoms with Gasteiger partial charge in [-0.2, -0.15) is 11.3 Å². The Bertz CT molecular complexity index is 494. The van der Waals surface area contributed by atoms with E-state index in [4.69, 9.17) is 14.2 Å². The average molecular weight is 264 g/mol. The largest absolute Gasteiger partial charge is 0.493 e. The molecule has 1 unspecified atom stereocenters. The predicted molar refractivity (Wildman–Crippen MR) is 72.7 cm³/mol. The molecule has 3 nitrogen and oxygen atoms in total.